The van der Waals surface area contributed by atoms with Gasteiger partial charge in [0.2, 0.25) is 0 Å². The first-order chi connectivity index (χ1) is 8.86. The van der Waals surface area contributed by atoms with Gasteiger partial charge in [0.05, 0.1) is 6.10 Å². The molecule has 0 aliphatic heterocycles. The Morgan fingerprint density at radius 3 is 1.85 bits per heavy atom. The predicted molar refractivity (Wildman–Crippen MR) is 92.4 cm³/mol. The van der Waals surface area contributed by atoms with E-state index in [4.69, 9.17) is 9.84 Å². The molecule has 0 amide bonds. The summed E-state index contributed by atoms with van der Waals surface area (Å²) in [6, 6.07) is 0. The van der Waals surface area contributed by atoms with Gasteiger partial charge in [-0.25, -0.2) is 0 Å². The third-order valence-electron chi connectivity index (χ3n) is 4.09. The molecule has 0 aromatic heterocycles. The second kappa shape index (κ2) is 18.9. The normalized spacial score (nSPS) is 21.0. The molecule has 0 radical (unpaired) electrons. The first kappa shape index (κ1) is 24.9. The molecule has 1 N–H and O–H groups in total. The molecule has 1 saturated carbocycles. The molecular weight excluding hydrogens is 248 g/mol. The standard InChI is InChI=1S/C15H30O.CH4O.2CH4/c1-3-4-5-6-7-8-9-14-10-12-15(16-2)13-11-14;1-2;;/h14-15H,3-13H2,1-2H3;2H,1H3;2*1H4. The zero-order valence-electron chi connectivity index (χ0n) is 12.8. The van der Waals surface area contributed by atoms with Crippen LogP contribution in [0, 0.1) is 5.92 Å². The third-order valence-corrected chi connectivity index (χ3v) is 4.09. The van der Waals surface area contributed by atoms with Crippen LogP contribution < -0.4 is 0 Å². The van der Waals surface area contributed by atoms with Crippen molar-refractivity contribution in [1.29, 1.82) is 0 Å². The van der Waals surface area contributed by atoms with E-state index in [2.05, 4.69) is 6.92 Å². The quantitative estimate of drug-likeness (QED) is 0.570. The van der Waals surface area contributed by atoms with Crippen LogP contribution in [0.5, 0.6) is 0 Å². The van der Waals surface area contributed by atoms with E-state index in [9.17, 15) is 0 Å². The Hall–Kier alpha value is -0.0800. The van der Waals surface area contributed by atoms with Gasteiger partial charge in [-0.05, 0) is 31.6 Å². The van der Waals surface area contributed by atoms with Gasteiger partial charge < -0.3 is 9.84 Å². The van der Waals surface area contributed by atoms with Crippen molar-refractivity contribution in [2.45, 2.75) is 98.5 Å². The number of unbranched alkanes of at least 4 members (excludes halogenated alkanes) is 5. The first-order valence-electron chi connectivity index (χ1n) is 7.84. The minimum atomic E-state index is 0. The molecule has 0 aromatic carbocycles. The van der Waals surface area contributed by atoms with E-state index < -0.39 is 0 Å². The first-order valence-corrected chi connectivity index (χ1v) is 7.84. The number of hydrogen-bond acceptors (Lipinski definition) is 2. The van der Waals surface area contributed by atoms with E-state index in [1.54, 1.807) is 0 Å². The lowest BCUT2D eigenvalue weighted by Crippen LogP contribution is -2.20. The molecule has 0 saturated heterocycles. The Kier molecular flexibility index (Phi) is 23.6. The highest BCUT2D eigenvalue weighted by Crippen LogP contribution is 2.29. The van der Waals surface area contributed by atoms with Gasteiger partial charge in [-0.15, -0.1) is 0 Å². The van der Waals surface area contributed by atoms with Crippen LogP contribution >= 0.6 is 0 Å². The fourth-order valence-electron chi connectivity index (χ4n) is 2.87. The molecule has 0 unspecified atom stereocenters. The summed E-state index contributed by atoms with van der Waals surface area (Å²) in [7, 11) is 2.86. The second-order valence-corrected chi connectivity index (χ2v) is 5.43. The minimum absolute atomic E-state index is 0. The molecule has 126 valence electrons. The summed E-state index contributed by atoms with van der Waals surface area (Å²) in [6.45, 7) is 2.29. The zero-order chi connectivity index (χ0) is 13.6. The highest BCUT2D eigenvalue weighted by atomic mass is 16.5. The van der Waals surface area contributed by atoms with E-state index >= 15 is 0 Å². The van der Waals surface area contributed by atoms with E-state index in [-0.39, 0.29) is 14.9 Å². The maximum Gasteiger partial charge on any atom is 0.0571 e. The molecule has 0 heterocycles. The maximum absolute atomic E-state index is 7.00. The van der Waals surface area contributed by atoms with Crippen LogP contribution in [-0.2, 0) is 4.74 Å². The average molecular weight is 291 g/mol. The highest BCUT2D eigenvalue weighted by Gasteiger charge is 2.19. The van der Waals surface area contributed by atoms with Crippen LogP contribution in [0.1, 0.15) is 92.4 Å². The Morgan fingerprint density at radius 1 is 0.850 bits per heavy atom. The molecule has 0 bridgehead atoms. The number of aliphatic hydroxyl groups is 1. The number of methoxy groups -OCH3 is 1. The molecule has 1 aliphatic rings. The van der Waals surface area contributed by atoms with Crippen molar-refractivity contribution in [2.75, 3.05) is 14.2 Å². The van der Waals surface area contributed by atoms with Crippen molar-refractivity contribution < 1.29 is 9.84 Å². The fourth-order valence-corrected chi connectivity index (χ4v) is 2.87. The van der Waals surface area contributed by atoms with Crippen molar-refractivity contribution in [3.05, 3.63) is 0 Å². The largest absolute Gasteiger partial charge is 0.400 e. The molecule has 2 heteroatoms. The van der Waals surface area contributed by atoms with Crippen LogP contribution in [-0.4, -0.2) is 25.4 Å². The Balaban J connectivity index is -0.000000689. The van der Waals surface area contributed by atoms with Gasteiger partial charge in [-0.1, -0.05) is 66.7 Å². The van der Waals surface area contributed by atoms with Gasteiger partial charge in [0, 0.05) is 14.2 Å². The smallest absolute Gasteiger partial charge is 0.0571 e. The number of rotatable bonds is 8. The van der Waals surface area contributed by atoms with Crippen molar-refractivity contribution >= 4 is 0 Å². The monoisotopic (exact) mass is 290 g/mol. The molecular formula is C18H42O2. The highest BCUT2D eigenvalue weighted by molar-refractivity contribution is 4.72. The zero-order valence-corrected chi connectivity index (χ0v) is 12.8. The summed E-state index contributed by atoms with van der Waals surface area (Å²) in [5, 5.41) is 7.00. The van der Waals surface area contributed by atoms with Crippen LogP contribution in [0.2, 0.25) is 0 Å². The van der Waals surface area contributed by atoms with E-state index in [1.807, 2.05) is 7.11 Å². The second-order valence-electron chi connectivity index (χ2n) is 5.43. The van der Waals surface area contributed by atoms with Crippen molar-refractivity contribution in [3.8, 4) is 0 Å². The summed E-state index contributed by atoms with van der Waals surface area (Å²) < 4.78 is 5.41. The summed E-state index contributed by atoms with van der Waals surface area (Å²) in [5.41, 5.74) is 0. The lowest BCUT2D eigenvalue weighted by atomic mass is 9.84. The molecule has 1 aliphatic carbocycles. The lowest BCUT2D eigenvalue weighted by molar-refractivity contribution is 0.0551. The van der Waals surface area contributed by atoms with Crippen LogP contribution in [0.3, 0.4) is 0 Å². The van der Waals surface area contributed by atoms with Crippen molar-refractivity contribution in [1.82, 2.24) is 0 Å². The van der Waals surface area contributed by atoms with Gasteiger partial charge in [-0.2, -0.15) is 0 Å². The Labute approximate surface area is 129 Å². The molecule has 1 rings (SSSR count). The Morgan fingerprint density at radius 2 is 1.35 bits per heavy atom. The molecule has 0 aromatic rings. The number of hydrogen-bond donors (Lipinski definition) is 1. The maximum atomic E-state index is 7.00. The topological polar surface area (TPSA) is 29.5 Å². The number of ether oxygens (including phenoxy) is 1. The summed E-state index contributed by atoms with van der Waals surface area (Å²) in [4.78, 5) is 0. The molecule has 2 nitrogen and oxygen atoms in total. The molecule has 0 atom stereocenters. The van der Waals surface area contributed by atoms with Crippen molar-refractivity contribution in [2.24, 2.45) is 5.92 Å². The van der Waals surface area contributed by atoms with Crippen molar-refractivity contribution in [3.63, 3.8) is 0 Å². The summed E-state index contributed by atoms with van der Waals surface area (Å²) >= 11 is 0. The Bertz CT molecular complexity index is 151. The van der Waals surface area contributed by atoms with E-state index in [0.29, 0.717) is 6.10 Å². The third kappa shape index (κ3) is 12.9. The predicted octanol–water partition coefficient (Wildman–Crippen LogP) is 5.82. The summed E-state index contributed by atoms with van der Waals surface area (Å²) in [6.07, 6.45) is 16.1. The molecule has 20 heavy (non-hydrogen) atoms. The SMILES string of the molecule is C.C.CCCCCCCCC1CCC(OC)CC1.CO. The molecule has 1 fully saturated rings. The van der Waals surface area contributed by atoms with Crippen LogP contribution in [0.4, 0.5) is 0 Å². The van der Waals surface area contributed by atoms with Gasteiger partial charge >= 0.3 is 0 Å². The van der Waals surface area contributed by atoms with E-state index in [1.165, 1.54) is 70.6 Å². The molecule has 0 spiro atoms. The summed E-state index contributed by atoms with van der Waals surface area (Å²) in [5.74, 6) is 1.01. The average Bonchev–Trinajstić information content (AvgIpc) is 2.45. The van der Waals surface area contributed by atoms with Gasteiger partial charge in [0.1, 0.15) is 0 Å². The fraction of sp³-hybridized carbons (Fsp3) is 1.00. The number of aliphatic hydroxyl groups excluding tert-OH is 1. The van der Waals surface area contributed by atoms with Gasteiger partial charge in [0.25, 0.3) is 0 Å². The van der Waals surface area contributed by atoms with Crippen LogP contribution in [0.15, 0.2) is 0 Å². The lowest BCUT2D eigenvalue weighted by Gasteiger charge is -2.27. The van der Waals surface area contributed by atoms with Gasteiger partial charge in [0.15, 0.2) is 0 Å². The minimum Gasteiger partial charge on any atom is -0.400 e. The van der Waals surface area contributed by atoms with Gasteiger partial charge in [-0.3, -0.25) is 0 Å². The van der Waals surface area contributed by atoms with Crippen LogP contribution in [0.25, 0.3) is 0 Å². The van der Waals surface area contributed by atoms with E-state index in [0.717, 1.165) is 13.0 Å².